The minimum atomic E-state index is -0.572. The van der Waals surface area contributed by atoms with Gasteiger partial charge in [0, 0.05) is 27.7 Å². The van der Waals surface area contributed by atoms with E-state index in [0.717, 1.165) is 11.1 Å². The molecule has 2 amide bonds. The fourth-order valence-corrected chi connectivity index (χ4v) is 4.05. The Bertz CT molecular complexity index is 1210. The van der Waals surface area contributed by atoms with Crippen LogP contribution in [-0.2, 0) is 22.6 Å². The molecule has 2 aromatic rings. The molecule has 3 rings (SSSR count). The largest absolute Gasteiger partial charge is 0.493 e. The Hall–Kier alpha value is -3.13. The number of halogens is 2. The smallest absolute Gasteiger partial charge is 0.265 e. The number of methoxy groups -OCH3 is 1. The molecule has 1 N–H and O–H groups in total. The zero-order valence-corrected chi connectivity index (χ0v) is 20.7. The Kier molecular flexibility index (Phi) is 8.50. The van der Waals surface area contributed by atoms with Crippen molar-refractivity contribution in [1.82, 2.24) is 10.2 Å². The molecule has 0 radical (unpaired) electrons. The van der Waals surface area contributed by atoms with E-state index in [2.05, 4.69) is 18.5 Å². The van der Waals surface area contributed by atoms with Crippen LogP contribution in [0.25, 0.3) is 6.08 Å². The minimum absolute atomic E-state index is 0.0431. The highest BCUT2D eigenvalue weighted by atomic mass is 35.5. The van der Waals surface area contributed by atoms with Gasteiger partial charge in [-0.15, -0.1) is 13.2 Å². The first-order valence-corrected chi connectivity index (χ1v) is 11.3. The molecule has 2 aromatic carbocycles. The van der Waals surface area contributed by atoms with Gasteiger partial charge < -0.3 is 9.47 Å². The third-order valence-corrected chi connectivity index (χ3v) is 5.84. The Balaban J connectivity index is 1.98. The predicted octanol–water partition coefficient (Wildman–Crippen LogP) is 5.12. The molecule has 34 heavy (non-hydrogen) atoms. The number of rotatable bonds is 9. The van der Waals surface area contributed by atoms with E-state index >= 15 is 0 Å². The first-order chi connectivity index (χ1) is 16.3. The fraction of sp³-hybridized carbons (Fsp3) is 0.160. The molecule has 0 saturated carbocycles. The van der Waals surface area contributed by atoms with Crippen LogP contribution in [0.2, 0.25) is 10.0 Å². The van der Waals surface area contributed by atoms with Crippen molar-refractivity contribution in [3.63, 3.8) is 0 Å². The number of carbonyl (C=O) groups excluding carboxylic acids is 2. The second kappa shape index (κ2) is 11.3. The molecule has 1 fully saturated rings. The lowest BCUT2D eigenvalue weighted by Gasteiger charge is -2.27. The van der Waals surface area contributed by atoms with Gasteiger partial charge in [-0.1, -0.05) is 41.4 Å². The van der Waals surface area contributed by atoms with Crippen LogP contribution in [0.15, 0.2) is 61.2 Å². The van der Waals surface area contributed by atoms with Crippen molar-refractivity contribution >= 4 is 58.4 Å². The molecule has 1 saturated heterocycles. The van der Waals surface area contributed by atoms with E-state index in [-0.39, 0.29) is 23.8 Å². The minimum Gasteiger partial charge on any atom is -0.493 e. The van der Waals surface area contributed by atoms with Gasteiger partial charge in [0.1, 0.15) is 12.2 Å². The second-order valence-electron chi connectivity index (χ2n) is 7.25. The van der Waals surface area contributed by atoms with Crippen LogP contribution in [0.5, 0.6) is 11.5 Å². The van der Waals surface area contributed by atoms with Crippen molar-refractivity contribution in [1.29, 1.82) is 0 Å². The summed E-state index contributed by atoms with van der Waals surface area (Å²) < 4.78 is 11.6. The average Bonchev–Trinajstić information content (AvgIpc) is 2.79. The third kappa shape index (κ3) is 5.67. The number of benzene rings is 2. The summed E-state index contributed by atoms with van der Waals surface area (Å²) in [5, 5.41) is 3.59. The van der Waals surface area contributed by atoms with Gasteiger partial charge in [0.25, 0.3) is 11.8 Å². The summed E-state index contributed by atoms with van der Waals surface area (Å²) in [7, 11) is 1.51. The number of hydrogen-bond acceptors (Lipinski definition) is 5. The van der Waals surface area contributed by atoms with Crippen LogP contribution < -0.4 is 14.8 Å². The standard InChI is InChI=1S/C25H22Cl2N2O4S/c1-4-6-16-10-15(11-19-23(30)28-25(34)29(9-5-2)24(19)31)12-21(32-3)22(16)33-14-17-7-8-18(26)13-20(17)27/h4-5,7-8,10-13H,1-2,6,9,14H2,3H3,(H,28,30,34)/b19-11+. The highest BCUT2D eigenvalue weighted by molar-refractivity contribution is 7.80. The summed E-state index contributed by atoms with van der Waals surface area (Å²) in [4.78, 5) is 26.6. The van der Waals surface area contributed by atoms with Crippen LogP contribution in [0.4, 0.5) is 0 Å². The number of nitrogens with one attached hydrogen (secondary N) is 1. The molecule has 9 heteroatoms. The Labute approximate surface area is 213 Å². The number of hydrogen-bond donors (Lipinski definition) is 1. The van der Waals surface area contributed by atoms with E-state index in [1.54, 1.807) is 36.4 Å². The van der Waals surface area contributed by atoms with E-state index in [4.69, 9.17) is 44.9 Å². The number of thiocarbonyl (C=S) groups is 1. The lowest BCUT2D eigenvalue weighted by Crippen LogP contribution is -2.53. The maximum atomic E-state index is 12.9. The van der Waals surface area contributed by atoms with Gasteiger partial charge in [0.05, 0.1) is 7.11 Å². The van der Waals surface area contributed by atoms with Crippen molar-refractivity contribution in [3.8, 4) is 11.5 Å². The van der Waals surface area contributed by atoms with Crippen molar-refractivity contribution in [3.05, 3.63) is 88.0 Å². The monoisotopic (exact) mass is 516 g/mol. The Morgan fingerprint density at radius 2 is 1.88 bits per heavy atom. The fourth-order valence-electron chi connectivity index (χ4n) is 3.33. The number of amides is 2. The van der Waals surface area contributed by atoms with Gasteiger partial charge in [-0.25, -0.2) is 0 Å². The third-order valence-electron chi connectivity index (χ3n) is 4.93. The molecule has 0 atom stereocenters. The van der Waals surface area contributed by atoms with E-state index in [1.165, 1.54) is 24.2 Å². The second-order valence-corrected chi connectivity index (χ2v) is 8.48. The van der Waals surface area contributed by atoms with Gasteiger partial charge in [-0.2, -0.15) is 0 Å². The highest BCUT2D eigenvalue weighted by Crippen LogP contribution is 2.36. The van der Waals surface area contributed by atoms with E-state index in [1.807, 2.05) is 0 Å². The van der Waals surface area contributed by atoms with Crippen LogP contribution in [0.3, 0.4) is 0 Å². The number of ether oxygens (including phenoxy) is 2. The number of allylic oxidation sites excluding steroid dienone is 1. The SMILES string of the molecule is C=CCc1cc(/C=C2\C(=O)NC(=S)N(CC=C)C2=O)cc(OC)c1OCc1ccc(Cl)cc1Cl. The quantitative estimate of drug-likeness (QED) is 0.217. The zero-order chi connectivity index (χ0) is 24.8. The number of carbonyl (C=O) groups is 2. The van der Waals surface area contributed by atoms with E-state index < -0.39 is 11.8 Å². The predicted molar refractivity (Wildman–Crippen MR) is 138 cm³/mol. The molecule has 0 unspecified atom stereocenters. The van der Waals surface area contributed by atoms with Crippen molar-refractivity contribution in [2.75, 3.05) is 13.7 Å². The van der Waals surface area contributed by atoms with E-state index in [0.29, 0.717) is 33.5 Å². The molecule has 1 aliphatic heterocycles. The topological polar surface area (TPSA) is 67.9 Å². The van der Waals surface area contributed by atoms with Gasteiger partial charge in [-0.3, -0.25) is 19.8 Å². The molecule has 6 nitrogen and oxygen atoms in total. The molecule has 1 heterocycles. The summed E-state index contributed by atoms with van der Waals surface area (Å²) in [6.45, 7) is 7.80. The van der Waals surface area contributed by atoms with Gasteiger partial charge in [-0.05, 0) is 54.5 Å². The lowest BCUT2D eigenvalue weighted by molar-refractivity contribution is -0.128. The van der Waals surface area contributed by atoms with Crippen molar-refractivity contribution in [2.24, 2.45) is 0 Å². The Morgan fingerprint density at radius 1 is 1.12 bits per heavy atom. The average molecular weight is 517 g/mol. The summed E-state index contributed by atoms with van der Waals surface area (Å²) in [6, 6.07) is 8.66. The maximum Gasteiger partial charge on any atom is 0.265 e. The Morgan fingerprint density at radius 3 is 2.53 bits per heavy atom. The zero-order valence-electron chi connectivity index (χ0n) is 18.4. The molecule has 0 bridgehead atoms. The van der Waals surface area contributed by atoms with Crippen LogP contribution in [0, 0.1) is 0 Å². The summed E-state index contributed by atoms with van der Waals surface area (Å²) in [5.41, 5.74) is 2.04. The van der Waals surface area contributed by atoms with Crippen molar-refractivity contribution < 1.29 is 19.1 Å². The molecule has 176 valence electrons. The number of nitrogens with zero attached hydrogens (tertiary/aromatic N) is 1. The summed E-state index contributed by atoms with van der Waals surface area (Å²) in [6.07, 6.45) is 5.20. The summed E-state index contributed by atoms with van der Waals surface area (Å²) >= 11 is 17.3. The maximum absolute atomic E-state index is 12.9. The highest BCUT2D eigenvalue weighted by Gasteiger charge is 2.32. The van der Waals surface area contributed by atoms with Crippen LogP contribution in [0.1, 0.15) is 16.7 Å². The van der Waals surface area contributed by atoms with Crippen LogP contribution >= 0.6 is 35.4 Å². The molecular formula is C25H22Cl2N2O4S. The molecule has 1 aliphatic rings. The molecule has 0 spiro atoms. The van der Waals surface area contributed by atoms with Gasteiger partial charge >= 0.3 is 0 Å². The lowest BCUT2D eigenvalue weighted by atomic mass is 10.0. The van der Waals surface area contributed by atoms with Crippen LogP contribution in [-0.4, -0.2) is 35.5 Å². The molecule has 0 aliphatic carbocycles. The molecule has 0 aromatic heterocycles. The van der Waals surface area contributed by atoms with Gasteiger partial charge in [0.15, 0.2) is 16.6 Å². The van der Waals surface area contributed by atoms with Crippen molar-refractivity contribution in [2.45, 2.75) is 13.0 Å². The van der Waals surface area contributed by atoms with E-state index in [9.17, 15) is 9.59 Å². The van der Waals surface area contributed by atoms with Gasteiger partial charge in [0.2, 0.25) is 0 Å². The first kappa shape index (κ1) is 25.5. The molecular weight excluding hydrogens is 495 g/mol. The summed E-state index contributed by atoms with van der Waals surface area (Å²) in [5.74, 6) is -0.143. The normalized spacial score (nSPS) is 14.7. The first-order valence-electron chi connectivity index (χ1n) is 10.2.